The number of rotatable bonds is 9. The minimum Gasteiger partial charge on any atom is -0.493 e. The number of hydrogen-bond acceptors (Lipinski definition) is 5. The topological polar surface area (TPSA) is 56.8 Å². The molecule has 2 unspecified atom stereocenters. The van der Waals surface area contributed by atoms with Crippen LogP contribution in [0.3, 0.4) is 0 Å². The highest BCUT2D eigenvalue weighted by atomic mass is 32.2. The van der Waals surface area contributed by atoms with Crippen molar-refractivity contribution in [1.82, 2.24) is 5.32 Å². The van der Waals surface area contributed by atoms with E-state index >= 15 is 0 Å². The summed E-state index contributed by atoms with van der Waals surface area (Å²) in [6, 6.07) is 4.11. The van der Waals surface area contributed by atoms with Gasteiger partial charge < -0.3 is 19.5 Å². The Morgan fingerprint density at radius 2 is 1.81 bits per heavy atom. The third kappa shape index (κ3) is 5.21. The molecule has 120 valence electrons. The van der Waals surface area contributed by atoms with Gasteiger partial charge in [-0.05, 0) is 19.4 Å². The molecule has 0 radical (unpaired) electrons. The van der Waals surface area contributed by atoms with E-state index in [1.165, 1.54) is 0 Å². The highest BCUT2D eigenvalue weighted by molar-refractivity contribution is 7.84. The lowest BCUT2D eigenvalue weighted by Crippen LogP contribution is -2.27. The molecule has 1 rings (SSSR count). The summed E-state index contributed by atoms with van der Waals surface area (Å²) < 4.78 is 27.2. The van der Waals surface area contributed by atoms with Gasteiger partial charge in [0.2, 0.25) is 5.75 Å². The summed E-state index contributed by atoms with van der Waals surface area (Å²) in [7, 11) is 4.06. The summed E-state index contributed by atoms with van der Waals surface area (Å²) in [4.78, 5) is 0. The van der Waals surface area contributed by atoms with Crippen molar-refractivity contribution in [2.75, 3.05) is 33.3 Å². The number of methoxy groups -OCH3 is 3. The molecule has 0 saturated carbocycles. The van der Waals surface area contributed by atoms with Gasteiger partial charge in [-0.3, -0.25) is 4.21 Å². The third-order valence-corrected chi connectivity index (χ3v) is 4.08. The first-order valence-corrected chi connectivity index (χ1v) is 8.57. The molecule has 0 aliphatic rings. The molecule has 0 aromatic heterocycles. The highest BCUT2D eigenvalue weighted by Crippen LogP contribution is 2.39. The average Bonchev–Trinajstić information content (AvgIpc) is 2.49. The van der Waals surface area contributed by atoms with Crippen LogP contribution in [-0.2, 0) is 17.3 Å². The summed E-state index contributed by atoms with van der Waals surface area (Å²) in [6.45, 7) is 2.74. The van der Waals surface area contributed by atoms with Gasteiger partial charge in [0.15, 0.2) is 11.5 Å². The molecule has 6 heteroatoms. The molecule has 0 saturated heterocycles. The molecule has 0 aliphatic heterocycles. The summed E-state index contributed by atoms with van der Waals surface area (Å²) in [5.74, 6) is 2.63. The Kier molecular flexibility index (Phi) is 7.53. The molecule has 1 aromatic rings. The van der Waals surface area contributed by atoms with Crippen molar-refractivity contribution in [3.05, 3.63) is 17.7 Å². The standard InChI is InChI=1S/C15H25NO4S/c1-11(8-9-21(5)17)16-10-12-6-7-13(18-2)15(20-4)14(12)19-3/h6-7,11,16H,8-10H2,1-5H3. The van der Waals surface area contributed by atoms with Crippen LogP contribution in [0, 0.1) is 0 Å². The van der Waals surface area contributed by atoms with Gasteiger partial charge in [-0.1, -0.05) is 6.07 Å². The molecule has 5 nitrogen and oxygen atoms in total. The summed E-state index contributed by atoms with van der Waals surface area (Å²) >= 11 is 0. The van der Waals surface area contributed by atoms with Crippen molar-refractivity contribution in [3.8, 4) is 17.2 Å². The van der Waals surface area contributed by atoms with Crippen LogP contribution in [-0.4, -0.2) is 43.6 Å². The van der Waals surface area contributed by atoms with Crippen molar-refractivity contribution in [3.63, 3.8) is 0 Å². The van der Waals surface area contributed by atoms with Crippen LogP contribution in [0.1, 0.15) is 18.9 Å². The highest BCUT2D eigenvalue weighted by Gasteiger charge is 2.16. The Morgan fingerprint density at radius 3 is 2.33 bits per heavy atom. The monoisotopic (exact) mass is 315 g/mol. The zero-order valence-corrected chi connectivity index (χ0v) is 14.2. The maximum absolute atomic E-state index is 11.1. The summed E-state index contributed by atoms with van der Waals surface area (Å²) in [5, 5.41) is 3.41. The molecular weight excluding hydrogens is 290 g/mol. The number of hydrogen-bond donors (Lipinski definition) is 1. The van der Waals surface area contributed by atoms with Crippen molar-refractivity contribution >= 4 is 10.8 Å². The molecule has 2 atom stereocenters. The Hall–Kier alpha value is -1.27. The van der Waals surface area contributed by atoms with Gasteiger partial charge in [0.05, 0.1) is 21.3 Å². The van der Waals surface area contributed by atoms with E-state index < -0.39 is 10.8 Å². The number of benzene rings is 1. The van der Waals surface area contributed by atoms with Crippen molar-refractivity contribution in [1.29, 1.82) is 0 Å². The average molecular weight is 315 g/mol. The van der Waals surface area contributed by atoms with E-state index in [0.29, 0.717) is 29.5 Å². The summed E-state index contributed by atoms with van der Waals surface area (Å²) in [6.07, 6.45) is 2.60. The molecule has 21 heavy (non-hydrogen) atoms. The number of nitrogens with one attached hydrogen (secondary N) is 1. The van der Waals surface area contributed by atoms with E-state index in [1.807, 2.05) is 12.1 Å². The van der Waals surface area contributed by atoms with E-state index in [-0.39, 0.29) is 6.04 Å². The zero-order chi connectivity index (χ0) is 15.8. The third-order valence-electron chi connectivity index (χ3n) is 3.27. The van der Waals surface area contributed by atoms with Crippen molar-refractivity contribution in [2.24, 2.45) is 0 Å². The minimum absolute atomic E-state index is 0.284. The normalized spacial score (nSPS) is 13.6. The van der Waals surface area contributed by atoms with E-state index in [0.717, 1.165) is 12.0 Å². The van der Waals surface area contributed by atoms with Crippen molar-refractivity contribution < 1.29 is 18.4 Å². The largest absolute Gasteiger partial charge is 0.493 e. The van der Waals surface area contributed by atoms with E-state index in [2.05, 4.69) is 12.2 Å². The molecule has 0 aliphatic carbocycles. The maximum atomic E-state index is 11.1. The van der Waals surface area contributed by atoms with Gasteiger partial charge in [0.25, 0.3) is 0 Å². The molecule has 1 N–H and O–H groups in total. The van der Waals surface area contributed by atoms with Gasteiger partial charge in [-0.25, -0.2) is 0 Å². The Morgan fingerprint density at radius 1 is 1.14 bits per heavy atom. The summed E-state index contributed by atoms with van der Waals surface area (Å²) in [5.41, 5.74) is 1.000. The van der Waals surface area contributed by atoms with Gasteiger partial charge in [0, 0.05) is 41.0 Å². The van der Waals surface area contributed by atoms with Crippen LogP contribution in [0.15, 0.2) is 12.1 Å². The van der Waals surface area contributed by atoms with Gasteiger partial charge in [-0.2, -0.15) is 0 Å². The fourth-order valence-corrected chi connectivity index (χ4v) is 2.72. The predicted octanol–water partition coefficient (Wildman–Crippen LogP) is 1.96. The van der Waals surface area contributed by atoms with Crippen LogP contribution in [0.25, 0.3) is 0 Å². The van der Waals surface area contributed by atoms with E-state index in [9.17, 15) is 4.21 Å². The molecule has 0 fully saturated rings. The second-order valence-electron chi connectivity index (χ2n) is 4.84. The first-order chi connectivity index (χ1) is 10.0. The first-order valence-electron chi connectivity index (χ1n) is 6.84. The fourth-order valence-electron chi connectivity index (χ4n) is 2.03. The van der Waals surface area contributed by atoms with E-state index in [1.54, 1.807) is 27.6 Å². The quantitative estimate of drug-likeness (QED) is 0.755. The number of ether oxygens (including phenoxy) is 3. The lowest BCUT2D eigenvalue weighted by molar-refractivity contribution is 0.321. The van der Waals surface area contributed by atoms with Gasteiger partial charge in [-0.15, -0.1) is 0 Å². The van der Waals surface area contributed by atoms with Crippen LogP contribution < -0.4 is 19.5 Å². The lowest BCUT2D eigenvalue weighted by Gasteiger charge is -2.18. The Balaban J connectivity index is 2.77. The van der Waals surface area contributed by atoms with Gasteiger partial charge in [0.1, 0.15) is 0 Å². The molecule has 1 aromatic carbocycles. The van der Waals surface area contributed by atoms with E-state index in [4.69, 9.17) is 14.2 Å². The molecule has 0 heterocycles. The smallest absolute Gasteiger partial charge is 0.203 e. The fraction of sp³-hybridized carbons (Fsp3) is 0.600. The zero-order valence-electron chi connectivity index (χ0n) is 13.4. The second kappa shape index (κ2) is 8.89. The van der Waals surface area contributed by atoms with Gasteiger partial charge >= 0.3 is 0 Å². The molecule has 0 amide bonds. The van der Waals surface area contributed by atoms with Crippen LogP contribution >= 0.6 is 0 Å². The lowest BCUT2D eigenvalue weighted by atomic mass is 10.1. The SMILES string of the molecule is COc1ccc(CNC(C)CCS(C)=O)c(OC)c1OC. The van der Waals surface area contributed by atoms with Crippen LogP contribution in [0.4, 0.5) is 0 Å². The Bertz CT molecular complexity index is 479. The Labute approximate surface area is 129 Å². The minimum atomic E-state index is -0.751. The second-order valence-corrected chi connectivity index (χ2v) is 6.40. The van der Waals surface area contributed by atoms with Crippen LogP contribution in [0.5, 0.6) is 17.2 Å². The molecule has 0 spiro atoms. The predicted molar refractivity (Wildman–Crippen MR) is 86.0 cm³/mol. The molecular formula is C15H25NO4S. The van der Waals surface area contributed by atoms with Crippen LogP contribution in [0.2, 0.25) is 0 Å². The van der Waals surface area contributed by atoms with Crippen molar-refractivity contribution in [2.45, 2.75) is 25.9 Å². The molecule has 0 bridgehead atoms. The maximum Gasteiger partial charge on any atom is 0.203 e. The first kappa shape index (κ1) is 17.8.